The van der Waals surface area contributed by atoms with E-state index in [9.17, 15) is 4.39 Å². The van der Waals surface area contributed by atoms with Crippen molar-refractivity contribution >= 4 is 22.7 Å². The van der Waals surface area contributed by atoms with Gasteiger partial charge in [0, 0.05) is 47.3 Å². The van der Waals surface area contributed by atoms with Crippen LogP contribution in [-0.4, -0.2) is 61.6 Å². The zero-order valence-corrected chi connectivity index (χ0v) is 19.1. The smallest absolute Gasteiger partial charge is 0.218 e. The minimum atomic E-state index is -0.287. The van der Waals surface area contributed by atoms with Crippen LogP contribution in [0.15, 0.2) is 59.5 Å². The number of morpholine rings is 1. The quantitative estimate of drug-likeness (QED) is 0.343. The number of fused-ring (bicyclic) bond motifs is 1. The van der Waals surface area contributed by atoms with Crippen molar-refractivity contribution in [2.75, 3.05) is 51.8 Å². The number of thioether (sulfide) groups is 1. The first-order valence-corrected chi connectivity index (χ1v) is 12.2. The van der Waals surface area contributed by atoms with Crippen LogP contribution in [0.4, 0.5) is 4.39 Å². The van der Waals surface area contributed by atoms with Crippen LogP contribution < -0.4 is 10.1 Å². The van der Waals surface area contributed by atoms with Gasteiger partial charge >= 0.3 is 0 Å². The molecule has 0 spiro atoms. The third-order valence-electron chi connectivity index (χ3n) is 5.40. The molecule has 1 aliphatic heterocycles. The molecule has 7 heteroatoms. The number of ether oxygens (including phenoxy) is 2. The molecule has 1 saturated heterocycles. The van der Waals surface area contributed by atoms with Crippen LogP contribution in [0.1, 0.15) is 12.0 Å². The second-order valence-corrected chi connectivity index (χ2v) is 8.95. The summed E-state index contributed by atoms with van der Waals surface area (Å²) in [5.74, 6) is 1.11. The van der Waals surface area contributed by atoms with Gasteiger partial charge in [0.2, 0.25) is 5.88 Å². The molecule has 0 aliphatic carbocycles. The topological polar surface area (TPSA) is 46.6 Å². The molecule has 3 aromatic rings. The fourth-order valence-corrected chi connectivity index (χ4v) is 4.46. The molecule has 0 bridgehead atoms. The molecule has 4 rings (SSSR count). The normalized spacial score (nSPS) is 14.7. The van der Waals surface area contributed by atoms with Gasteiger partial charge in [-0.1, -0.05) is 18.2 Å². The average Bonchev–Trinajstić information content (AvgIpc) is 2.83. The van der Waals surface area contributed by atoms with Crippen molar-refractivity contribution in [1.29, 1.82) is 0 Å². The molecular formula is C25H30FN3O2S. The number of aromatic nitrogens is 1. The van der Waals surface area contributed by atoms with Gasteiger partial charge in [-0.25, -0.2) is 9.37 Å². The highest BCUT2D eigenvalue weighted by molar-refractivity contribution is 7.99. The van der Waals surface area contributed by atoms with E-state index < -0.39 is 0 Å². The summed E-state index contributed by atoms with van der Waals surface area (Å²) in [6, 6.07) is 17.0. The number of nitrogens with one attached hydrogen (secondary N) is 1. The van der Waals surface area contributed by atoms with Crippen LogP contribution in [-0.2, 0) is 11.3 Å². The van der Waals surface area contributed by atoms with Gasteiger partial charge in [0.15, 0.2) is 0 Å². The van der Waals surface area contributed by atoms with E-state index in [1.807, 2.05) is 18.2 Å². The number of hydrogen-bond donors (Lipinski definition) is 1. The molecule has 1 aromatic heterocycles. The second kappa shape index (κ2) is 12.2. The maximum atomic E-state index is 13.7. The first-order valence-electron chi connectivity index (χ1n) is 11.2. The Morgan fingerprint density at radius 1 is 1.09 bits per heavy atom. The summed E-state index contributed by atoms with van der Waals surface area (Å²) in [7, 11) is 0. The summed E-state index contributed by atoms with van der Waals surface area (Å²) in [5, 5.41) is 4.44. The number of rotatable bonds is 11. The molecule has 170 valence electrons. The standard InChI is InChI=1S/C25H30FN3O2S/c26-22-8-7-20-17-21(19-27-9-4-10-29-11-13-30-14-12-29)25(28-24(20)18-22)31-15-16-32-23-5-2-1-3-6-23/h1-3,5-8,17-18,27H,4,9-16,19H2. The van der Waals surface area contributed by atoms with E-state index in [0.717, 1.165) is 62.5 Å². The second-order valence-electron chi connectivity index (χ2n) is 7.78. The van der Waals surface area contributed by atoms with Crippen molar-refractivity contribution in [2.45, 2.75) is 17.9 Å². The SMILES string of the molecule is Fc1ccc2cc(CNCCCN3CCOCC3)c(OCCSc3ccccc3)nc2c1. The molecule has 0 amide bonds. The summed E-state index contributed by atoms with van der Waals surface area (Å²) >= 11 is 1.75. The molecule has 0 saturated carbocycles. The van der Waals surface area contributed by atoms with Crippen LogP contribution in [0.2, 0.25) is 0 Å². The van der Waals surface area contributed by atoms with E-state index in [-0.39, 0.29) is 5.82 Å². The van der Waals surface area contributed by atoms with Crippen LogP contribution in [0.5, 0.6) is 5.88 Å². The minimum Gasteiger partial charge on any atom is -0.477 e. The fraction of sp³-hybridized carbons (Fsp3) is 0.400. The van der Waals surface area contributed by atoms with E-state index in [0.29, 0.717) is 24.5 Å². The predicted molar refractivity (Wildman–Crippen MR) is 128 cm³/mol. The van der Waals surface area contributed by atoms with E-state index in [4.69, 9.17) is 9.47 Å². The molecule has 1 N–H and O–H groups in total. The average molecular weight is 456 g/mol. The van der Waals surface area contributed by atoms with Gasteiger partial charge in [-0.2, -0.15) is 0 Å². The van der Waals surface area contributed by atoms with Crippen molar-refractivity contribution in [1.82, 2.24) is 15.2 Å². The van der Waals surface area contributed by atoms with Crippen LogP contribution in [0, 0.1) is 5.82 Å². The molecule has 1 aliphatic rings. The summed E-state index contributed by atoms with van der Waals surface area (Å²) < 4.78 is 25.1. The Kier molecular flexibility index (Phi) is 8.73. The maximum absolute atomic E-state index is 13.7. The number of benzene rings is 2. The van der Waals surface area contributed by atoms with Crippen LogP contribution in [0.25, 0.3) is 10.9 Å². The Bertz CT molecular complexity index is 984. The highest BCUT2D eigenvalue weighted by Crippen LogP contribution is 2.24. The molecule has 0 atom stereocenters. The van der Waals surface area contributed by atoms with Crippen molar-refractivity contribution in [3.8, 4) is 5.88 Å². The molecule has 0 unspecified atom stereocenters. The highest BCUT2D eigenvalue weighted by Gasteiger charge is 2.11. The Labute approximate surface area is 193 Å². The number of hydrogen-bond acceptors (Lipinski definition) is 6. The Hall–Kier alpha value is -2.19. The largest absolute Gasteiger partial charge is 0.477 e. The zero-order valence-electron chi connectivity index (χ0n) is 18.3. The zero-order chi connectivity index (χ0) is 22.0. The third-order valence-corrected chi connectivity index (χ3v) is 6.38. The molecule has 2 aromatic carbocycles. The predicted octanol–water partition coefficient (Wildman–Crippen LogP) is 4.36. The van der Waals surface area contributed by atoms with Crippen molar-refractivity contribution < 1.29 is 13.9 Å². The third kappa shape index (κ3) is 6.90. The van der Waals surface area contributed by atoms with E-state index in [1.54, 1.807) is 17.8 Å². The Morgan fingerprint density at radius 2 is 1.94 bits per heavy atom. The number of nitrogens with zero attached hydrogens (tertiary/aromatic N) is 2. The Morgan fingerprint density at radius 3 is 2.78 bits per heavy atom. The summed E-state index contributed by atoms with van der Waals surface area (Å²) in [6.07, 6.45) is 1.08. The van der Waals surface area contributed by atoms with Crippen molar-refractivity contribution in [3.05, 3.63) is 66.0 Å². The van der Waals surface area contributed by atoms with Crippen molar-refractivity contribution in [2.24, 2.45) is 0 Å². The van der Waals surface area contributed by atoms with E-state index in [2.05, 4.69) is 33.4 Å². The lowest BCUT2D eigenvalue weighted by Crippen LogP contribution is -2.37. The van der Waals surface area contributed by atoms with Gasteiger partial charge in [-0.15, -0.1) is 11.8 Å². The number of pyridine rings is 1. The highest BCUT2D eigenvalue weighted by atomic mass is 32.2. The van der Waals surface area contributed by atoms with E-state index >= 15 is 0 Å². The fourth-order valence-electron chi connectivity index (χ4n) is 3.71. The van der Waals surface area contributed by atoms with E-state index in [1.165, 1.54) is 17.0 Å². The molecule has 32 heavy (non-hydrogen) atoms. The molecular weight excluding hydrogens is 425 g/mol. The maximum Gasteiger partial charge on any atom is 0.218 e. The van der Waals surface area contributed by atoms with Gasteiger partial charge < -0.3 is 14.8 Å². The lowest BCUT2D eigenvalue weighted by molar-refractivity contribution is 0.0374. The monoisotopic (exact) mass is 455 g/mol. The Balaban J connectivity index is 1.32. The molecule has 2 heterocycles. The van der Waals surface area contributed by atoms with Crippen LogP contribution in [0.3, 0.4) is 0 Å². The molecule has 0 radical (unpaired) electrons. The first-order chi connectivity index (χ1) is 15.8. The van der Waals surface area contributed by atoms with Gasteiger partial charge in [-0.05, 0) is 49.8 Å². The minimum absolute atomic E-state index is 0.287. The molecule has 5 nitrogen and oxygen atoms in total. The van der Waals surface area contributed by atoms with Gasteiger partial charge in [0.25, 0.3) is 0 Å². The first kappa shape index (κ1) is 23.0. The number of halogens is 1. The van der Waals surface area contributed by atoms with Gasteiger partial charge in [0.05, 0.1) is 25.3 Å². The summed E-state index contributed by atoms with van der Waals surface area (Å²) in [5.41, 5.74) is 1.62. The van der Waals surface area contributed by atoms with Gasteiger partial charge in [-0.3, -0.25) is 4.90 Å². The van der Waals surface area contributed by atoms with Gasteiger partial charge in [0.1, 0.15) is 5.82 Å². The van der Waals surface area contributed by atoms with Crippen LogP contribution >= 0.6 is 11.8 Å². The lowest BCUT2D eigenvalue weighted by atomic mass is 10.1. The molecule has 1 fully saturated rings. The lowest BCUT2D eigenvalue weighted by Gasteiger charge is -2.26. The summed E-state index contributed by atoms with van der Waals surface area (Å²) in [4.78, 5) is 8.27. The summed E-state index contributed by atoms with van der Waals surface area (Å²) in [6.45, 7) is 6.91. The van der Waals surface area contributed by atoms with Crippen molar-refractivity contribution in [3.63, 3.8) is 0 Å².